The van der Waals surface area contributed by atoms with Crippen LogP contribution in [0.5, 0.6) is 0 Å². The van der Waals surface area contributed by atoms with Crippen LogP contribution in [0.3, 0.4) is 0 Å². The molecule has 1 aliphatic rings. The van der Waals surface area contributed by atoms with E-state index in [0.717, 1.165) is 25.7 Å². The van der Waals surface area contributed by atoms with Crippen molar-refractivity contribution in [2.24, 2.45) is 0 Å². The Labute approximate surface area is 182 Å². The Morgan fingerprint density at radius 2 is 1.87 bits per heavy atom. The topological polar surface area (TPSA) is 44.1 Å². The van der Waals surface area contributed by atoms with E-state index in [-0.39, 0.29) is 33.0 Å². The molecule has 0 bridgehead atoms. The quantitative estimate of drug-likeness (QED) is 0.422. The first-order valence-corrected chi connectivity index (χ1v) is 10.3. The highest BCUT2D eigenvalue weighted by atomic mass is 35.5. The van der Waals surface area contributed by atoms with Gasteiger partial charge in [-0.3, -0.25) is 4.57 Å². The van der Waals surface area contributed by atoms with Gasteiger partial charge in [-0.2, -0.15) is 0 Å². The van der Waals surface area contributed by atoms with Crippen LogP contribution < -0.4 is 0 Å². The number of benzene rings is 2. The van der Waals surface area contributed by atoms with Gasteiger partial charge in [0, 0.05) is 11.5 Å². The van der Waals surface area contributed by atoms with Crippen LogP contribution >= 0.6 is 23.2 Å². The Morgan fingerprint density at radius 1 is 1.13 bits per heavy atom. The fourth-order valence-electron chi connectivity index (χ4n) is 3.95. The third kappa shape index (κ3) is 3.59. The van der Waals surface area contributed by atoms with Gasteiger partial charge >= 0.3 is 5.97 Å². The number of imidazole rings is 1. The lowest BCUT2D eigenvalue weighted by molar-refractivity contribution is 0.0595. The highest BCUT2D eigenvalue weighted by Crippen LogP contribution is 2.40. The van der Waals surface area contributed by atoms with Crippen LogP contribution in [0.25, 0.3) is 16.9 Å². The van der Waals surface area contributed by atoms with Crippen LogP contribution in [0.1, 0.15) is 47.9 Å². The molecule has 3 aromatic rings. The van der Waals surface area contributed by atoms with Crippen LogP contribution in [0.4, 0.5) is 8.78 Å². The summed E-state index contributed by atoms with van der Waals surface area (Å²) < 4.78 is 35.4. The summed E-state index contributed by atoms with van der Waals surface area (Å²) in [7, 11) is 1.25. The summed E-state index contributed by atoms with van der Waals surface area (Å²) >= 11 is 12.0. The normalized spacial score (nSPS) is 14.3. The molecule has 1 fully saturated rings. The van der Waals surface area contributed by atoms with Gasteiger partial charge in [0.1, 0.15) is 11.6 Å². The Kier molecular flexibility index (Phi) is 5.80. The van der Waals surface area contributed by atoms with Gasteiger partial charge in [0.25, 0.3) is 0 Å². The zero-order valence-corrected chi connectivity index (χ0v) is 17.6. The fraction of sp³-hybridized carbons (Fsp3) is 0.273. The predicted molar refractivity (Wildman–Crippen MR) is 111 cm³/mol. The maximum absolute atomic E-state index is 15.1. The molecule has 0 spiro atoms. The fourth-order valence-corrected chi connectivity index (χ4v) is 4.30. The lowest BCUT2D eigenvalue weighted by Crippen LogP contribution is -2.09. The Bertz CT molecular complexity index is 1120. The number of esters is 1. The Hall–Kier alpha value is -2.44. The molecule has 0 amide bonds. The molecule has 0 aliphatic heterocycles. The minimum atomic E-state index is -0.675. The molecule has 1 aromatic heterocycles. The molecule has 8 heteroatoms. The van der Waals surface area contributed by atoms with Crippen LogP contribution in [-0.2, 0) is 4.74 Å². The molecule has 30 heavy (non-hydrogen) atoms. The monoisotopic (exact) mass is 450 g/mol. The second kappa shape index (κ2) is 8.36. The standard InChI is InChI=1S/C22H18Cl2F2N2O2/c1-30-22(29)19-20(13-9-10-16(25)15(24)11-13)28(17-8-4-7-14(23)18(17)26)21(27-19)12-5-2-3-6-12/h4,7-12H,2-3,5-6H2,1H3. The second-order valence-electron chi connectivity index (χ2n) is 7.18. The molecule has 0 N–H and O–H groups in total. The van der Waals surface area contributed by atoms with E-state index < -0.39 is 17.6 Å². The minimum absolute atomic E-state index is 0.0152. The number of carbonyl (C=O) groups is 1. The number of rotatable bonds is 4. The molecule has 4 rings (SSSR count). The van der Waals surface area contributed by atoms with Crippen LogP contribution in [0.2, 0.25) is 10.0 Å². The number of halogens is 4. The zero-order valence-electron chi connectivity index (χ0n) is 16.1. The lowest BCUT2D eigenvalue weighted by Gasteiger charge is -2.17. The molecule has 156 valence electrons. The van der Waals surface area contributed by atoms with E-state index in [9.17, 15) is 9.18 Å². The summed E-state index contributed by atoms with van der Waals surface area (Å²) in [6, 6.07) is 8.69. The van der Waals surface area contributed by atoms with Crippen molar-refractivity contribution in [2.45, 2.75) is 31.6 Å². The molecule has 0 atom stereocenters. The van der Waals surface area contributed by atoms with Gasteiger partial charge in [0.15, 0.2) is 11.5 Å². The summed E-state index contributed by atoms with van der Waals surface area (Å²) in [6.45, 7) is 0. The van der Waals surface area contributed by atoms with Gasteiger partial charge in [-0.15, -0.1) is 0 Å². The van der Waals surface area contributed by atoms with Crippen molar-refractivity contribution in [1.29, 1.82) is 0 Å². The first kappa shape index (κ1) is 20.8. The van der Waals surface area contributed by atoms with Crippen molar-refractivity contribution in [2.75, 3.05) is 7.11 Å². The molecule has 0 radical (unpaired) electrons. The zero-order chi connectivity index (χ0) is 21.4. The van der Waals surface area contributed by atoms with Crippen molar-refractivity contribution < 1.29 is 18.3 Å². The van der Waals surface area contributed by atoms with E-state index in [1.165, 1.54) is 31.4 Å². The average Bonchev–Trinajstić information content (AvgIpc) is 3.39. The van der Waals surface area contributed by atoms with Crippen molar-refractivity contribution in [3.63, 3.8) is 0 Å². The maximum atomic E-state index is 15.1. The number of hydrogen-bond acceptors (Lipinski definition) is 3. The molecule has 1 saturated carbocycles. The predicted octanol–water partition coefficient (Wildman–Crippen LogP) is 6.57. The van der Waals surface area contributed by atoms with Gasteiger partial charge < -0.3 is 4.74 Å². The van der Waals surface area contributed by atoms with E-state index in [4.69, 9.17) is 27.9 Å². The minimum Gasteiger partial charge on any atom is -0.464 e. The smallest absolute Gasteiger partial charge is 0.358 e. The third-order valence-corrected chi connectivity index (χ3v) is 5.95. The van der Waals surface area contributed by atoms with Crippen LogP contribution in [-0.4, -0.2) is 22.6 Å². The summed E-state index contributed by atoms with van der Waals surface area (Å²) in [4.78, 5) is 17.2. The van der Waals surface area contributed by atoms with Gasteiger partial charge in [-0.1, -0.05) is 42.1 Å². The van der Waals surface area contributed by atoms with E-state index in [1.54, 1.807) is 16.7 Å². The largest absolute Gasteiger partial charge is 0.464 e. The molecule has 0 saturated heterocycles. The lowest BCUT2D eigenvalue weighted by atomic mass is 10.1. The van der Waals surface area contributed by atoms with Crippen molar-refractivity contribution in [1.82, 2.24) is 9.55 Å². The first-order valence-electron chi connectivity index (χ1n) is 9.53. The highest BCUT2D eigenvalue weighted by molar-refractivity contribution is 6.31. The Balaban J connectivity index is 2.08. The molecule has 1 aliphatic carbocycles. The molecule has 4 nitrogen and oxygen atoms in total. The number of carbonyl (C=O) groups excluding carboxylic acids is 1. The number of hydrogen-bond donors (Lipinski definition) is 0. The number of aromatic nitrogens is 2. The van der Waals surface area contributed by atoms with Gasteiger partial charge in [0.05, 0.1) is 28.5 Å². The van der Waals surface area contributed by atoms with Gasteiger partial charge in [0.2, 0.25) is 0 Å². The van der Waals surface area contributed by atoms with Gasteiger partial charge in [-0.05, 0) is 43.2 Å². The van der Waals surface area contributed by atoms with Crippen molar-refractivity contribution in [3.8, 4) is 16.9 Å². The highest BCUT2D eigenvalue weighted by Gasteiger charge is 2.32. The number of nitrogens with zero attached hydrogens (tertiary/aromatic N) is 2. The number of methoxy groups -OCH3 is 1. The van der Waals surface area contributed by atoms with E-state index in [1.807, 2.05) is 0 Å². The van der Waals surface area contributed by atoms with E-state index in [0.29, 0.717) is 11.4 Å². The molecular formula is C22H18Cl2F2N2O2. The third-order valence-electron chi connectivity index (χ3n) is 5.37. The number of ether oxygens (including phenoxy) is 1. The summed E-state index contributed by atoms with van der Waals surface area (Å²) in [5, 5.41) is -0.175. The average molecular weight is 451 g/mol. The van der Waals surface area contributed by atoms with E-state index >= 15 is 4.39 Å². The first-order chi connectivity index (χ1) is 14.4. The second-order valence-corrected chi connectivity index (χ2v) is 7.99. The van der Waals surface area contributed by atoms with Crippen LogP contribution in [0.15, 0.2) is 36.4 Å². The van der Waals surface area contributed by atoms with Gasteiger partial charge in [-0.25, -0.2) is 18.6 Å². The summed E-state index contributed by atoms with van der Waals surface area (Å²) in [6.07, 6.45) is 3.76. The summed E-state index contributed by atoms with van der Waals surface area (Å²) in [5.41, 5.74) is 0.869. The summed E-state index contributed by atoms with van der Waals surface area (Å²) in [5.74, 6) is -1.33. The maximum Gasteiger partial charge on any atom is 0.358 e. The molecule has 2 aromatic carbocycles. The van der Waals surface area contributed by atoms with Crippen molar-refractivity contribution >= 4 is 29.2 Å². The SMILES string of the molecule is COC(=O)c1nc(C2CCCC2)n(-c2cccc(Cl)c2F)c1-c1ccc(F)c(Cl)c1. The Morgan fingerprint density at radius 3 is 2.53 bits per heavy atom. The van der Waals surface area contributed by atoms with Crippen LogP contribution in [0, 0.1) is 11.6 Å². The van der Waals surface area contributed by atoms with Crippen molar-refractivity contribution in [3.05, 3.63) is 69.6 Å². The molecule has 0 unspecified atom stereocenters. The molecule has 1 heterocycles. The molecular weight excluding hydrogens is 433 g/mol. The van der Waals surface area contributed by atoms with E-state index in [2.05, 4.69) is 4.98 Å².